The van der Waals surface area contributed by atoms with Gasteiger partial charge in [0.2, 0.25) is 0 Å². The van der Waals surface area contributed by atoms with Gasteiger partial charge in [-0.3, -0.25) is 4.79 Å². The average molecular weight is 187 g/mol. The van der Waals surface area contributed by atoms with Crippen LogP contribution in [0, 0.1) is 0 Å². The van der Waals surface area contributed by atoms with Crippen molar-refractivity contribution >= 4 is 23.3 Å². The molecule has 0 bridgehead atoms. The molecular weight excluding hydrogens is 174 g/mol. The van der Waals surface area contributed by atoms with Gasteiger partial charge >= 0.3 is 5.97 Å². The van der Waals surface area contributed by atoms with Crippen LogP contribution in [-0.4, -0.2) is 24.3 Å². The first kappa shape index (κ1) is 11.3. The minimum Gasteiger partial charge on any atom is -0.466 e. The largest absolute Gasteiger partial charge is 0.466 e. The zero-order valence-electron chi connectivity index (χ0n) is 7.21. The summed E-state index contributed by atoms with van der Waals surface area (Å²) in [6, 6.07) is 0. The number of esters is 1. The van der Waals surface area contributed by atoms with E-state index in [1.54, 1.807) is 0 Å². The van der Waals surface area contributed by atoms with Crippen LogP contribution in [0.2, 0.25) is 0 Å². The van der Waals surface area contributed by atoms with Crippen molar-refractivity contribution in [3.63, 3.8) is 0 Å². The molecule has 12 heavy (non-hydrogen) atoms. The van der Waals surface area contributed by atoms with Crippen LogP contribution in [0.5, 0.6) is 0 Å². The van der Waals surface area contributed by atoms with E-state index in [-0.39, 0.29) is 5.97 Å². The molecule has 0 saturated heterocycles. The molecule has 0 aliphatic rings. The molecule has 0 radical (unpaired) electrons. The Hall–Kier alpha value is -0.730. The van der Waals surface area contributed by atoms with E-state index in [9.17, 15) is 4.79 Å². The van der Waals surface area contributed by atoms with Crippen molar-refractivity contribution < 1.29 is 9.53 Å². The molecule has 0 spiro atoms. The first-order valence-electron chi connectivity index (χ1n) is 3.94. The van der Waals surface area contributed by atoms with Gasteiger partial charge in [-0.1, -0.05) is 0 Å². The fraction of sp³-hybridized carbons (Fsp3) is 0.750. The van der Waals surface area contributed by atoms with Crippen LogP contribution < -0.4 is 0 Å². The Morgan fingerprint density at radius 1 is 1.50 bits per heavy atom. The highest BCUT2D eigenvalue weighted by Gasteiger charge is 1.92. The summed E-state index contributed by atoms with van der Waals surface area (Å²) in [5, 5.41) is 2.30. The van der Waals surface area contributed by atoms with Crippen LogP contribution in [0.4, 0.5) is 0 Å². The van der Waals surface area contributed by atoms with Crippen LogP contribution in [0.3, 0.4) is 0 Å². The third-order valence-corrected chi connectivity index (χ3v) is 1.41. The lowest BCUT2D eigenvalue weighted by molar-refractivity contribution is -0.141. The topological polar surface area (TPSA) is 38.7 Å². The molecule has 0 fully saturated rings. The number of hydrogen-bond donors (Lipinski definition) is 0. The summed E-state index contributed by atoms with van der Waals surface area (Å²) in [6.07, 6.45) is 2.88. The number of carbonyl (C=O) groups is 1. The summed E-state index contributed by atoms with van der Waals surface area (Å²) >= 11 is 4.40. The summed E-state index contributed by atoms with van der Waals surface area (Å²) in [7, 11) is 0. The number of isothiocyanates is 1. The quantitative estimate of drug-likeness (QED) is 0.275. The molecule has 0 atom stereocenters. The summed E-state index contributed by atoms with van der Waals surface area (Å²) in [6.45, 7) is 2.65. The van der Waals surface area contributed by atoms with Crippen LogP contribution in [0.15, 0.2) is 4.99 Å². The molecular formula is C8H13NO2S. The Kier molecular flexibility index (Phi) is 7.86. The second kappa shape index (κ2) is 8.37. The van der Waals surface area contributed by atoms with Gasteiger partial charge in [0.25, 0.3) is 0 Å². The van der Waals surface area contributed by atoms with Crippen LogP contribution in [-0.2, 0) is 9.53 Å². The van der Waals surface area contributed by atoms with Gasteiger partial charge in [-0.25, -0.2) is 4.99 Å². The van der Waals surface area contributed by atoms with Gasteiger partial charge in [0, 0.05) is 13.5 Å². The van der Waals surface area contributed by atoms with Crippen LogP contribution in [0.25, 0.3) is 0 Å². The molecule has 0 aromatic rings. The number of aliphatic imine (C=N–C) groups is 1. The maximum Gasteiger partial charge on any atom is 0.302 e. The highest BCUT2D eigenvalue weighted by atomic mass is 32.1. The van der Waals surface area contributed by atoms with Crippen molar-refractivity contribution in [2.24, 2.45) is 4.99 Å². The monoisotopic (exact) mass is 187 g/mol. The molecule has 3 nitrogen and oxygen atoms in total. The molecule has 0 aliphatic carbocycles. The number of hydrogen-bond acceptors (Lipinski definition) is 4. The predicted octanol–water partition coefficient (Wildman–Crippen LogP) is 1.82. The maximum atomic E-state index is 10.3. The van der Waals surface area contributed by atoms with E-state index >= 15 is 0 Å². The molecule has 0 heterocycles. The highest BCUT2D eigenvalue weighted by molar-refractivity contribution is 7.78. The van der Waals surface area contributed by atoms with Crippen molar-refractivity contribution in [1.82, 2.24) is 0 Å². The fourth-order valence-corrected chi connectivity index (χ4v) is 0.823. The van der Waals surface area contributed by atoms with Crippen molar-refractivity contribution in [2.75, 3.05) is 13.2 Å². The normalized spacial score (nSPS) is 8.75. The smallest absolute Gasteiger partial charge is 0.302 e. The maximum absolute atomic E-state index is 10.3. The van der Waals surface area contributed by atoms with Crippen molar-refractivity contribution in [3.8, 4) is 0 Å². The van der Waals surface area contributed by atoms with Gasteiger partial charge in [-0.05, 0) is 31.5 Å². The summed E-state index contributed by atoms with van der Waals surface area (Å²) in [5.74, 6) is -0.216. The van der Waals surface area contributed by atoms with Crippen molar-refractivity contribution in [3.05, 3.63) is 0 Å². The van der Waals surface area contributed by atoms with E-state index in [1.807, 2.05) is 0 Å². The molecule has 0 amide bonds. The number of unbranched alkanes of at least 4 members (excludes halogenated alkanes) is 2. The van der Waals surface area contributed by atoms with Crippen LogP contribution in [0.1, 0.15) is 26.2 Å². The molecule has 0 rings (SSSR count). The zero-order chi connectivity index (χ0) is 9.23. The first-order chi connectivity index (χ1) is 5.77. The molecule has 0 saturated carbocycles. The molecule has 68 valence electrons. The van der Waals surface area contributed by atoms with E-state index < -0.39 is 0 Å². The van der Waals surface area contributed by atoms with Gasteiger partial charge in [0.15, 0.2) is 0 Å². The van der Waals surface area contributed by atoms with E-state index in [1.165, 1.54) is 6.92 Å². The van der Waals surface area contributed by atoms with Crippen LogP contribution >= 0.6 is 12.2 Å². The second-order valence-corrected chi connectivity index (χ2v) is 2.56. The van der Waals surface area contributed by atoms with Gasteiger partial charge in [0.05, 0.1) is 11.8 Å². The lowest BCUT2D eigenvalue weighted by Gasteiger charge is -1.99. The molecule has 0 aromatic heterocycles. The van der Waals surface area contributed by atoms with Crippen molar-refractivity contribution in [2.45, 2.75) is 26.2 Å². The predicted molar refractivity (Wildman–Crippen MR) is 50.4 cm³/mol. The van der Waals surface area contributed by atoms with Crippen molar-refractivity contribution in [1.29, 1.82) is 0 Å². The molecule has 0 N–H and O–H groups in total. The van der Waals surface area contributed by atoms with E-state index in [0.29, 0.717) is 6.61 Å². The second-order valence-electron chi connectivity index (χ2n) is 2.37. The molecule has 0 aromatic carbocycles. The minimum absolute atomic E-state index is 0.216. The van der Waals surface area contributed by atoms with E-state index in [2.05, 4.69) is 22.4 Å². The lowest BCUT2D eigenvalue weighted by atomic mass is 10.2. The summed E-state index contributed by atoms with van der Waals surface area (Å²) < 4.78 is 4.74. The Balaban J connectivity index is 3.00. The molecule has 4 heteroatoms. The number of thiocarbonyl (C=S) groups is 1. The van der Waals surface area contributed by atoms with E-state index in [4.69, 9.17) is 4.74 Å². The number of ether oxygens (including phenoxy) is 1. The lowest BCUT2D eigenvalue weighted by Crippen LogP contribution is -2.00. The van der Waals surface area contributed by atoms with Gasteiger partial charge < -0.3 is 4.74 Å². The third kappa shape index (κ3) is 9.27. The zero-order valence-corrected chi connectivity index (χ0v) is 8.02. The van der Waals surface area contributed by atoms with Gasteiger partial charge in [-0.15, -0.1) is 0 Å². The van der Waals surface area contributed by atoms with Gasteiger partial charge in [0.1, 0.15) is 0 Å². The standard InChI is InChI=1S/C8H13NO2S/c1-8(10)11-6-4-2-3-5-9-7-12/h2-6H2,1H3. The number of rotatable bonds is 6. The Bertz CT molecular complexity index is 170. The highest BCUT2D eigenvalue weighted by Crippen LogP contribution is 1.95. The number of carbonyl (C=O) groups excluding carboxylic acids is 1. The summed E-state index contributed by atoms with van der Waals surface area (Å²) in [5.41, 5.74) is 0. The summed E-state index contributed by atoms with van der Waals surface area (Å²) in [4.78, 5) is 14.1. The molecule has 0 unspecified atom stereocenters. The minimum atomic E-state index is -0.216. The third-order valence-electron chi connectivity index (χ3n) is 1.28. The first-order valence-corrected chi connectivity index (χ1v) is 4.35. The Morgan fingerprint density at radius 2 is 2.25 bits per heavy atom. The Labute approximate surface area is 77.8 Å². The van der Waals surface area contributed by atoms with Gasteiger partial charge in [-0.2, -0.15) is 0 Å². The SMILES string of the molecule is CC(=O)OCCCCCN=C=S. The average Bonchev–Trinajstić information content (AvgIpc) is 2.02. The Morgan fingerprint density at radius 3 is 2.83 bits per heavy atom. The van der Waals surface area contributed by atoms with E-state index in [0.717, 1.165) is 25.8 Å². The fourth-order valence-electron chi connectivity index (χ4n) is 0.731. The molecule has 0 aliphatic heterocycles. The number of nitrogens with zero attached hydrogens (tertiary/aromatic N) is 1.